The summed E-state index contributed by atoms with van der Waals surface area (Å²) in [5.74, 6) is -1.22. The molecule has 0 saturated heterocycles. The lowest BCUT2D eigenvalue weighted by Crippen LogP contribution is -2.27. The molecule has 0 aliphatic heterocycles. The van der Waals surface area contributed by atoms with Gasteiger partial charge < -0.3 is 0 Å². The number of halogens is 3. The molecular weight excluding hydrogens is 352 g/mol. The van der Waals surface area contributed by atoms with E-state index in [2.05, 4.69) is 15.9 Å². The smallest absolute Gasteiger partial charge is 0.265 e. The molecule has 0 aliphatic rings. The second-order valence-corrected chi connectivity index (χ2v) is 6.79. The Labute approximate surface area is 124 Å². The van der Waals surface area contributed by atoms with E-state index in [1.807, 2.05) is 0 Å². The maximum Gasteiger partial charge on any atom is 0.265 e. The molecule has 2 aromatic carbocycles. The van der Waals surface area contributed by atoms with Gasteiger partial charge in [0.1, 0.15) is 16.5 Å². The van der Waals surface area contributed by atoms with Gasteiger partial charge in [0.15, 0.2) is 0 Å². The lowest BCUT2D eigenvalue weighted by molar-refractivity contribution is 0.588. The molecule has 2 rings (SSSR count). The third kappa shape index (κ3) is 2.69. The molecule has 106 valence electrons. The normalized spacial score (nSPS) is 11.4. The average Bonchev–Trinajstić information content (AvgIpc) is 2.38. The number of rotatable bonds is 3. The summed E-state index contributed by atoms with van der Waals surface area (Å²) >= 11 is 3.00. The molecule has 20 heavy (non-hydrogen) atoms. The highest BCUT2D eigenvalue weighted by atomic mass is 79.9. The van der Waals surface area contributed by atoms with Crippen LogP contribution in [0.1, 0.15) is 0 Å². The monoisotopic (exact) mass is 361 g/mol. The molecule has 0 saturated carbocycles. The van der Waals surface area contributed by atoms with E-state index in [1.165, 1.54) is 31.3 Å². The van der Waals surface area contributed by atoms with Crippen LogP contribution in [0.25, 0.3) is 0 Å². The van der Waals surface area contributed by atoms with Crippen molar-refractivity contribution in [2.45, 2.75) is 4.90 Å². The molecule has 0 N–H and O–H groups in total. The molecule has 0 radical (unpaired) electrons. The van der Waals surface area contributed by atoms with E-state index in [-0.39, 0.29) is 15.1 Å². The second-order valence-electron chi connectivity index (χ2n) is 4.00. The maximum absolute atomic E-state index is 13.7. The molecule has 0 bridgehead atoms. The molecule has 0 spiro atoms. The van der Waals surface area contributed by atoms with Crippen LogP contribution in [0.5, 0.6) is 0 Å². The van der Waals surface area contributed by atoms with E-state index in [4.69, 9.17) is 0 Å². The van der Waals surface area contributed by atoms with Crippen LogP contribution < -0.4 is 4.31 Å². The fraction of sp³-hybridized carbons (Fsp3) is 0.0769. The van der Waals surface area contributed by atoms with Gasteiger partial charge in [0.25, 0.3) is 10.0 Å². The maximum atomic E-state index is 13.7. The van der Waals surface area contributed by atoms with Crippen LogP contribution in [-0.2, 0) is 10.0 Å². The standard InChI is InChI=1S/C13H10BrF2NO2S/c1-17(12-5-3-2-4-11(12)16)20(18,19)13-7-6-9(15)8-10(13)14/h2-8H,1H3. The van der Waals surface area contributed by atoms with Gasteiger partial charge in [-0.2, -0.15) is 0 Å². The Kier molecular flexibility index (Phi) is 4.10. The van der Waals surface area contributed by atoms with Crippen molar-refractivity contribution in [2.24, 2.45) is 0 Å². The summed E-state index contributed by atoms with van der Waals surface area (Å²) in [6.45, 7) is 0. The first-order chi connectivity index (χ1) is 9.34. The van der Waals surface area contributed by atoms with Crippen LogP contribution in [0.3, 0.4) is 0 Å². The number of hydrogen-bond donors (Lipinski definition) is 0. The van der Waals surface area contributed by atoms with Gasteiger partial charge in [-0.05, 0) is 46.3 Å². The third-order valence-corrected chi connectivity index (χ3v) is 5.47. The Morgan fingerprint density at radius 3 is 2.35 bits per heavy atom. The van der Waals surface area contributed by atoms with Crippen molar-refractivity contribution in [1.82, 2.24) is 0 Å². The van der Waals surface area contributed by atoms with Crippen molar-refractivity contribution in [3.8, 4) is 0 Å². The van der Waals surface area contributed by atoms with Crippen molar-refractivity contribution < 1.29 is 17.2 Å². The highest BCUT2D eigenvalue weighted by Crippen LogP contribution is 2.29. The highest BCUT2D eigenvalue weighted by molar-refractivity contribution is 9.10. The minimum absolute atomic E-state index is 0.0799. The SMILES string of the molecule is CN(c1ccccc1F)S(=O)(=O)c1ccc(F)cc1Br. The van der Waals surface area contributed by atoms with E-state index in [0.717, 1.165) is 22.5 Å². The summed E-state index contributed by atoms with van der Waals surface area (Å²) in [6, 6.07) is 8.73. The van der Waals surface area contributed by atoms with Gasteiger partial charge >= 0.3 is 0 Å². The minimum atomic E-state index is -3.98. The van der Waals surface area contributed by atoms with E-state index >= 15 is 0 Å². The lowest BCUT2D eigenvalue weighted by Gasteiger charge is -2.20. The van der Waals surface area contributed by atoms with Crippen molar-refractivity contribution in [1.29, 1.82) is 0 Å². The number of anilines is 1. The molecule has 2 aromatic rings. The Morgan fingerprint density at radius 2 is 1.75 bits per heavy atom. The van der Waals surface area contributed by atoms with E-state index < -0.39 is 21.7 Å². The van der Waals surface area contributed by atoms with Crippen molar-refractivity contribution >= 4 is 31.6 Å². The minimum Gasteiger partial charge on any atom is -0.266 e. The Hall–Kier alpha value is -1.47. The topological polar surface area (TPSA) is 37.4 Å². The Balaban J connectivity index is 2.53. The summed E-state index contributed by atoms with van der Waals surface area (Å²) in [7, 11) is -2.74. The van der Waals surface area contributed by atoms with Gasteiger partial charge in [0, 0.05) is 11.5 Å². The largest absolute Gasteiger partial charge is 0.266 e. The van der Waals surface area contributed by atoms with E-state index in [0.29, 0.717) is 0 Å². The number of nitrogens with zero attached hydrogens (tertiary/aromatic N) is 1. The van der Waals surface area contributed by atoms with Crippen molar-refractivity contribution in [2.75, 3.05) is 11.4 Å². The first-order valence-corrected chi connectivity index (χ1v) is 7.76. The zero-order valence-electron chi connectivity index (χ0n) is 10.3. The molecule has 0 aliphatic carbocycles. The zero-order valence-corrected chi connectivity index (χ0v) is 12.7. The molecule has 7 heteroatoms. The third-order valence-electron chi connectivity index (χ3n) is 2.72. The van der Waals surface area contributed by atoms with Gasteiger partial charge in [0.05, 0.1) is 5.69 Å². The molecule has 0 atom stereocenters. The first kappa shape index (κ1) is 14.9. The predicted octanol–water partition coefficient (Wildman–Crippen LogP) is 3.55. The zero-order chi connectivity index (χ0) is 14.9. The van der Waals surface area contributed by atoms with E-state index in [9.17, 15) is 17.2 Å². The van der Waals surface area contributed by atoms with Crippen molar-refractivity contribution in [3.63, 3.8) is 0 Å². The van der Waals surface area contributed by atoms with Crippen LogP contribution in [0.15, 0.2) is 51.8 Å². The molecule has 0 aromatic heterocycles. The van der Waals surface area contributed by atoms with Gasteiger partial charge in [-0.3, -0.25) is 4.31 Å². The molecule has 0 unspecified atom stereocenters. The molecular formula is C13H10BrF2NO2S. The summed E-state index contributed by atoms with van der Waals surface area (Å²) in [5, 5.41) is 0. The van der Waals surface area contributed by atoms with Crippen LogP contribution in [0.4, 0.5) is 14.5 Å². The van der Waals surface area contributed by atoms with Gasteiger partial charge in [-0.1, -0.05) is 12.1 Å². The fourth-order valence-corrected chi connectivity index (χ4v) is 3.88. The fourth-order valence-electron chi connectivity index (χ4n) is 1.67. The molecule has 0 heterocycles. The van der Waals surface area contributed by atoms with Crippen molar-refractivity contribution in [3.05, 3.63) is 58.6 Å². The summed E-state index contributed by atoms with van der Waals surface area (Å²) in [4.78, 5) is -0.135. The Bertz CT molecular complexity index is 750. The van der Waals surface area contributed by atoms with Crippen LogP contribution in [-0.4, -0.2) is 15.5 Å². The first-order valence-electron chi connectivity index (χ1n) is 5.52. The Morgan fingerprint density at radius 1 is 1.10 bits per heavy atom. The molecule has 0 amide bonds. The van der Waals surface area contributed by atoms with E-state index in [1.54, 1.807) is 0 Å². The molecule has 3 nitrogen and oxygen atoms in total. The van der Waals surface area contributed by atoms with Gasteiger partial charge in [-0.25, -0.2) is 17.2 Å². The lowest BCUT2D eigenvalue weighted by atomic mass is 10.3. The summed E-state index contributed by atoms with van der Waals surface area (Å²) in [6.07, 6.45) is 0. The number of hydrogen-bond acceptors (Lipinski definition) is 2. The number of benzene rings is 2. The highest BCUT2D eigenvalue weighted by Gasteiger charge is 2.25. The quantitative estimate of drug-likeness (QED) is 0.838. The predicted molar refractivity (Wildman–Crippen MR) is 76.1 cm³/mol. The molecule has 0 fully saturated rings. The number of sulfonamides is 1. The van der Waals surface area contributed by atoms with Crippen LogP contribution in [0, 0.1) is 11.6 Å². The average molecular weight is 362 g/mol. The number of para-hydroxylation sites is 1. The van der Waals surface area contributed by atoms with Crippen LogP contribution in [0.2, 0.25) is 0 Å². The van der Waals surface area contributed by atoms with Crippen LogP contribution >= 0.6 is 15.9 Å². The summed E-state index contributed by atoms with van der Waals surface area (Å²) < 4.78 is 52.4. The van der Waals surface area contributed by atoms with Gasteiger partial charge in [-0.15, -0.1) is 0 Å². The van der Waals surface area contributed by atoms with Gasteiger partial charge in [0.2, 0.25) is 0 Å². The second kappa shape index (κ2) is 5.49. The summed E-state index contributed by atoms with van der Waals surface area (Å²) in [5.41, 5.74) is -0.0799.